The van der Waals surface area contributed by atoms with Gasteiger partial charge in [0, 0.05) is 23.3 Å². The largest absolute Gasteiger partial charge is 0.489 e. The monoisotopic (exact) mass is 443 g/mol. The summed E-state index contributed by atoms with van der Waals surface area (Å²) in [5.74, 6) is 0.158. The number of nitro groups is 1. The molecule has 1 amide bonds. The van der Waals surface area contributed by atoms with Gasteiger partial charge in [0.2, 0.25) is 0 Å². The molecule has 9 heteroatoms. The molecule has 3 aromatic rings. The number of hydrogen-bond donors (Lipinski definition) is 1. The number of hydrazone groups is 1. The van der Waals surface area contributed by atoms with Crippen LogP contribution in [0.15, 0.2) is 71.8 Å². The summed E-state index contributed by atoms with van der Waals surface area (Å²) in [4.78, 5) is 22.4. The molecule has 0 spiro atoms. The van der Waals surface area contributed by atoms with Gasteiger partial charge in [-0.1, -0.05) is 41.4 Å². The van der Waals surface area contributed by atoms with Gasteiger partial charge in [-0.2, -0.15) is 5.10 Å². The lowest BCUT2D eigenvalue weighted by atomic mass is 10.2. The number of carbonyl (C=O) groups excluding carboxylic acids is 1. The molecule has 1 N–H and O–H groups in total. The summed E-state index contributed by atoms with van der Waals surface area (Å²) in [6.07, 6.45) is 1.33. The number of ether oxygens (including phenoxy) is 1. The van der Waals surface area contributed by atoms with Gasteiger partial charge in [-0.05, 0) is 42.0 Å². The lowest BCUT2D eigenvalue weighted by Gasteiger charge is -2.08. The molecular weight excluding hydrogens is 429 g/mol. The third kappa shape index (κ3) is 5.79. The van der Waals surface area contributed by atoms with E-state index >= 15 is 0 Å². The first-order valence-electron chi connectivity index (χ1n) is 8.67. The fraction of sp³-hybridized carbons (Fsp3) is 0.0476. The SMILES string of the molecule is O=C(N/N=C/c1cccc([N+](=O)[O-])c1)c1ccc(OCc2ccc(Cl)c(Cl)c2)cc1. The Labute approximate surface area is 182 Å². The fourth-order valence-corrected chi connectivity index (χ4v) is 2.77. The normalized spacial score (nSPS) is 10.7. The van der Waals surface area contributed by atoms with E-state index in [0.717, 1.165) is 5.56 Å². The summed E-state index contributed by atoms with van der Waals surface area (Å²) in [5.41, 5.74) is 4.06. The number of amides is 1. The molecule has 0 aliphatic rings. The summed E-state index contributed by atoms with van der Waals surface area (Å²) < 4.78 is 5.67. The second-order valence-electron chi connectivity index (χ2n) is 6.11. The summed E-state index contributed by atoms with van der Waals surface area (Å²) in [6.45, 7) is 0.302. The molecule has 3 rings (SSSR count). The first kappa shape index (κ1) is 21.3. The van der Waals surface area contributed by atoms with Crippen LogP contribution in [0.2, 0.25) is 10.0 Å². The smallest absolute Gasteiger partial charge is 0.271 e. The van der Waals surface area contributed by atoms with Crippen molar-refractivity contribution in [2.75, 3.05) is 0 Å². The first-order chi connectivity index (χ1) is 14.4. The van der Waals surface area contributed by atoms with Crippen LogP contribution in [-0.4, -0.2) is 17.0 Å². The average molecular weight is 444 g/mol. The Kier molecular flexibility index (Phi) is 7.00. The van der Waals surface area contributed by atoms with Crippen LogP contribution in [0.25, 0.3) is 0 Å². The predicted molar refractivity (Wildman–Crippen MR) is 115 cm³/mol. The highest BCUT2D eigenvalue weighted by molar-refractivity contribution is 6.42. The number of nitrogens with one attached hydrogen (secondary N) is 1. The molecule has 0 aromatic heterocycles. The Morgan fingerprint density at radius 1 is 1.07 bits per heavy atom. The first-order valence-corrected chi connectivity index (χ1v) is 9.42. The average Bonchev–Trinajstić information content (AvgIpc) is 2.75. The van der Waals surface area contributed by atoms with Crippen molar-refractivity contribution in [2.24, 2.45) is 5.10 Å². The number of halogens is 2. The van der Waals surface area contributed by atoms with Crippen molar-refractivity contribution in [3.63, 3.8) is 0 Å². The van der Waals surface area contributed by atoms with Crippen LogP contribution in [0.1, 0.15) is 21.5 Å². The molecule has 0 fully saturated rings. The van der Waals surface area contributed by atoms with Gasteiger partial charge in [0.25, 0.3) is 11.6 Å². The van der Waals surface area contributed by atoms with Crippen LogP contribution < -0.4 is 10.2 Å². The zero-order valence-corrected chi connectivity index (χ0v) is 16.9. The molecule has 3 aromatic carbocycles. The number of nitro benzene ring substituents is 1. The highest BCUT2D eigenvalue weighted by Crippen LogP contribution is 2.23. The van der Waals surface area contributed by atoms with E-state index < -0.39 is 10.8 Å². The topological polar surface area (TPSA) is 93.8 Å². The molecule has 0 aliphatic heterocycles. The number of benzene rings is 3. The Balaban J connectivity index is 1.55. The van der Waals surface area contributed by atoms with Crippen molar-refractivity contribution >= 4 is 41.0 Å². The van der Waals surface area contributed by atoms with E-state index in [1.54, 1.807) is 42.5 Å². The molecule has 0 atom stereocenters. The molecule has 0 saturated carbocycles. The molecule has 0 saturated heterocycles. The van der Waals surface area contributed by atoms with Crippen LogP contribution in [-0.2, 0) is 6.61 Å². The maximum Gasteiger partial charge on any atom is 0.271 e. The summed E-state index contributed by atoms with van der Waals surface area (Å²) in [6, 6.07) is 17.7. The van der Waals surface area contributed by atoms with Gasteiger partial charge in [0.15, 0.2) is 0 Å². The van der Waals surface area contributed by atoms with Gasteiger partial charge in [-0.3, -0.25) is 14.9 Å². The second-order valence-corrected chi connectivity index (χ2v) is 6.93. The molecule has 0 unspecified atom stereocenters. The molecule has 0 radical (unpaired) electrons. The van der Waals surface area contributed by atoms with Gasteiger partial charge < -0.3 is 4.74 Å². The number of non-ortho nitro benzene ring substituents is 1. The molecule has 0 bridgehead atoms. The van der Waals surface area contributed by atoms with E-state index in [2.05, 4.69) is 10.5 Å². The standard InChI is InChI=1S/C21H15Cl2N3O4/c22-19-9-4-15(11-20(19)23)13-30-18-7-5-16(6-8-18)21(27)25-24-12-14-2-1-3-17(10-14)26(28)29/h1-12H,13H2,(H,25,27)/b24-12+. The second kappa shape index (κ2) is 9.87. The van der Waals surface area contributed by atoms with Crippen molar-refractivity contribution in [1.29, 1.82) is 0 Å². The van der Waals surface area contributed by atoms with Gasteiger partial charge in [-0.25, -0.2) is 5.43 Å². The van der Waals surface area contributed by atoms with Gasteiger partial charge in [0.1, 0.15) is 12.4 Å². The quantitative estimate of drug-likeness (QED) is 0.306. The Morgan fingerprint density at radius 2 is 1.83 bits per heavy atom. The summed E-state index contributed by atoms with van der Waals surface area (Å²) >= 11 is 11.9. The highest BCUT2D eigenvalue weighted by Gasteiger charge is 2.07. The number of rotatable bonds is 7. The van der Waals surface area contributed by atoms with Crippen molar-refractivity contribution in [3.8, 4) is 5.75 Å². The minimum atomic E-state index is -0.499. The highest BCUT2D eigenvalue weighted by atomic mass is 35.5. The van der Waals surface area contributed by atoms with Crippen molar-refractivity contribution in [3.05, 3.63) is 104 Å². The van der Waals surface area contributed by atoms with Gasteiger partial charge in [-0.15, -0.1) is 0 Å². The predicted octanol–water partition coefficient (Wildman–Crippen LogP) is 5.24. The Bertz CT molecular complexity index is 1100. The van der Waals surface area contributed by atoms with Crippen LogP contribution >= 0.6 is 23.2 Å². The summed E-state index contributed by atoms with van der Waals surface area (Å²) in [7, 11) is 0. The zero-order valence-electron chi connectivity index (χ0n) is 15.4. The lowest BCUT2D eigenvalue weighted by molar-refractivity contribution is -0.384. The maximum atomic E-state index is 12.2. The molecule has 152 valence electrons. The Hall–Kier alpha value is -3.42. The van der Waals surface area contributed by atoms with E-state index in [9.17, 15) is 14.9 Å². The maximum absolute atomic E-state index is 12.2. The molecular formula is C21H15Cl2N3O4. The van der Waals surface area contributed by atoms with Gasteiger partial charge >= 0.3 is 0 Å². The van der Waals surface area contributed by atoms with Crippen LogP contribution in [0.4, 0.5) is 5.69 Å². The molecule has 0 aliphatic carbocycles. The van der Waals surface area contributed by atoms with Crippen molar-refractivity contribution < 1.29 is 14.5 Å². The lowest BCUT2D eigenvalue weighted by Crippen LogP contribution is -2.17. The van der Waals surface area contributed by atoms with Gasteiger partial charge in [0.05, 0.1) is 21.2 Å². The van der Waals surface area contributed by atoms with Crippen LogP contribution in [0, 0.1) is 10.1 Å². The molecule has 30 heavy (non-hydrogen) atoms. The number of hydrogen-bond acceptors (Lipinski definition) is 5. The minimum Gasteiger partial charge on any atom is -0.489 e. The number of nitrogens with zero attached hydrogens (tertiary/aromatic N) is 2. The van der Waals surface area contributed by atoms with E-state index in [1.165, 1.54) is 24.4 Å². The van der Waals surface area contributed by atoms with Crippen molar-refractivity contribution in [2.45, 2.75) is 6.61 Å². The Morgan fingerprint density at radius 3 is 2.53 bits per heavy atom. The minimum absolute atomic E-state index is 0.0539. The third-order valence-electron chi connectivity index (χ3n) is 3.97. The van der Waals surface area contributed by atoms with E-state index in [4.69, 9.17) is 27.9 Å². The zero-order chi connectivity index (χ0) is 21.5. The van der Waals surface area contributed by atoms with E-state index in [1.807, 2.05) is 6.07 Å². The molecule has 0 heterocycles. The fourth-order valence-electron chi connectivity index (χ4n) is 2.45. The van der Waals surface area contributed by atoms with Crippen LogP contribution in [0.3, 0.4) is 0 Å². The summed E-state index contributed by atoms with van der Waals surface area (Å²) in [5, 5.41) is 15.5. The van der Waals surface area contributed by atoms with E-state index in [-0.39, 0.29) is 5.69 Å². The molecule has 7 nitrogen and oxygen atoms in total. The van der Waals surface area contributed by atoms with E-state index in [0.29, 0.717) is 33.5 Å². The third-order valence-corrected chi connectivity index (χ3v) is 4.71. The number of carbonyl (C=O) groups is 1. The van der Waals surface area contributed by atoms with Crippen LogP contribution in [0.5, 0.6) is 5.75 Å². The van der Waals surface area contributed by atoms with Crippen molar-refractivity contribution in [1.82, 2.24) is 5.43 Å².